The fraction of sp³-hybridized carbons (Fsp3) is 0.211. The third kappa shape index (κ3) is 3.10. The van der Waals surface area contributed by atoms with Crippen molar-refractivity contribution in [2.75, 3.05) is 12.8 Å². The van der Waals surface area contributed by atoms with E-state index in [1.807, 2.05) is 24.3 Å². The zero-order valence-corrected chi connectivity index (χ0v) is 17.0. The van der Waals surface area contributed by atoms with Crippen LogP contribution in [-0.4, -0.2) is 38.3 Å². The highest BCUT2D eigenvalue weighted by Gasteiger charge is 2.40. The van der Waals surface area contributed by atoms with Crippen LogP contribution in [0.5, 0.6) is 0 Å². The number of aromatic nitrogens is 1. The third-order valence-electron chi connectivity index (χ3n) is 4.73. The number of rotatable bonds is 3. The fourth-order valence-corrected chi connectivity index (χ4v) is 6.12. The van der Waals surface area contributed by atoms with Gasteiger partial charge in [-0.2, -0.15) is 0 Å². The molecule has 9 heteroatoms. The minimum atomic E-state index is -2.68. The van der Waals surface area contributed by atoms with Crippen molar-refractivity contribution in [3.8, 4) is 21.8 Å². The van der Waals surface area contributed by atoms with E-state index in [1.54, 1.807) is 26.2 Å². The first-order chi connectivity index (χ1) is 13.2. The van der Waals surface area contributed by atoms with E-state index < -0.39 is 21.1 Å². The van der Waals surface area contributed by atoms with Crippen LogP contribution in [0.1, 0.15) is 11.8 Å². The molecule has 2 atom stereocenters. The number of nitrogens with two attached hydrogens (primary N) is 1. The van der Waals surface area contributed by atoms with Gasteiger partial charge in [-0.25, -0.2) is 13.6 Å². The highest BCUT2D eigenvalue weighted by Crippen LogP contribution is 2.41. The average molecular weight is 419 g/mol. The lowest BCUT2D eigenvalue weighted by molar-refractivity contribution is 0.432. The summed E-state index contributed by atoms with van der Waals surface area (Å²) in [5, 5.41) is 3.72. The molecule has 0 aliphatic carbocycles. The summed E-state index contributed by atoms with van der Waals surface area (Å²) in [7, 11) is -1.09. The van der Waals surface area contributed by atoms with Gasteiger partial charge in [0.1, 0.15) is 11.4 Å². The van der Waals surface area contributed by atoms with E-state index in [0.717, 1.165) is 16.0 Å². The molecule has 1 aliphatic rings. The van der Waals surface area contributed by atoms with Gasteiger partial charge in [-0.15, -0.1) is 11.3 Å². The van der Waals surface area contributed by atoms with Crippen LogP contribution in [0.4, 0.5) is 4.39 Å². The predicted octanol–water partition coefficient (Wildman–Crippen LogP) is 3.32. The maximum Gasteiger partial charge on any atom is 0.203 e. The topological polar surface area (TPSA) is 84.7 Å². The molecule has 0 radical (unpaired) electrons. The van der Waals surface area contributed by atoms with E-state index in [4.69, 9.17) is 10.3 Å². The molecule has 4 rings (SSSR count). The van der Waals surface area contributed by atoms with Crippen LogP contribution in [-0.2, 0) is 15.2 Å². The molecule has 0 saturated carbocycles. The van der Waals surface area contributed by atoms with Gasteiger partial charge in [-0.3, -0.25) is 4.31 Å². The molecule has 6 nitrogen and oxygen atoms in total. The molecular formula is C19H19FN4O2S2. The lowest BCUT2D eigenvalue weighted by Gasteiger charge is -2.36. The van der Waals surface area contributed by atoms with Gasteiger partial charge in [0.25, 0.3) is 0 Å². The Morgan fingerprint density at radius 1 is 1.36 bits per heavy atom. The summed E-state index contributed by atoms with van der Waals surface area (Å²) in [6, 6.07) is 10.8. The standard InChI is InChI=1S/C19H19FN4O2S2/c1-19(11-28(3,25)24(2)18(21)23-19)17-14(20)10-16(27-17)13-6-4-5-12(9-13)15-7-8-22-26-15/h4-10H,3,11H2,1-2H3,(H2,21,23)/t19-,28?/m0/s1. The lowest BCUT2D eigenvalue weighted by Crippen LogP contribution is -2.50. The molecule has 28 heavy (non-hydrogen) atoms. The van der Waals surface area contributed by atoms with Crippen LogP contribution in [0.25, 0.3) is 21.8 Å². The number of hydrogen-bond acceptors (Lipinski definition) is 6. The minimum absolute atomic E-state index is 0.0895. The van der Waals surface area contributed by atoms with E-state index in [9.17, 15) is 8.60 Å². The molecule has 3 aromatic rings. The maximum absolute atomic E-state index is 14.9. The second-order valence-electron chi connectivity index (χ2n) is 6.90. The third-order valence-corrected chi connectivity index (χ3v) is 8.35. The highest BCUT2D eigenvalue weighted by atomic mass is 32.2. The summed E-state index contributed by atoms with van der Waals surface area (Å²) >= 11 is 1.27. The van der Waals surface area contributed by atoms with Crippen molar-refractivity contribution in [2.45, 2.75) is 12.5 Å². The Balaban J connectivity index is 1.77. The van der Waals surface area contributed by atoms with Crippen molar-refractivity contribution in [1.82, 2.24) is 9.46 Å². The summed E-state index contributed by atoms with van der Waals surface area (Å²) in [5.41, 5.74) is 6.58. The van der Waals surface area contributed by atoms with Gasteiger partial charge < -0.3 is 10.3 Å². The molecule has 0 saturated heterocycles. The number of guanidine groups is 1. The van der Waals surface area contributed by atoms with Crippen LogP contribution in [0.2, 0.25) is 0 Å². The SMILES string of the molecule is C=S1(=O)C[C@@](C)(c2sc(-c3cccc(-c4ccno4)c3)cc2F)N=C(N)N1C. The summed E-state index contributed by atoms with van der Waals surface area (Å²) in [6.07, 6.45) is 1.57. The Morgan fingerprint density at radius 3 is 2.79 bits per heavy atom. The number of aliphatic imine (C=N–C) groups is 1. The van der Waals surface area contributed by atoms with Crippen LogP contribution < -0.4 is 5.73 Å². The zero-order valence-electron chi connectivity index (χ0n) is 15.4. The second kappa shape index (κ2) is 6.46. The summed E-state index contributed by atoms with van der Waals surface area (Å²) in [5.74, 6) is 4.19. The van der Waals surface area contributed by atoms with Gasteiger partial charge in [0.2, 0.25) is 5.96 Å². The molecule has 3 heterocycles. The Labute approximate surface area is 166 Å². The first-order valence-corrected chi connectivity index (χ1v) is 11.1. The highest BCUT2D eigenvalue weighted by molar-refractivity contribution is 7.98. The van der Waals surface area contributed by atoms with Gasteiger partial charge in [-0.05, 0) is 30.5 Å². The predicted molar refractivity (Wildman–Crippen MR) is 112 cm³/mol. The fourth-order valence-electron chi connectivity index (χ4n) is 3.25. The van der Waals surface area contributed by atoms with Crippen LogP contribution >= 0.6 is 11.3 Å². The van der Waals surface area contributed by atoms with Gasteiger partial charge in [0, 0.05) is 23.6 Å². The Bertz CT molecular complexity index is 1170. The summed E-state index contributed by atoms with van der Waals surface area (Å²) in [4.78, 5) is 5.56. The maximum atomic E-state index is 14.9. The smallest absolute Gasteiger partial charge is 0.203 e. The van der Waals surface area contributed by atoms with Gasteiger partial charge in [0.15, 0.2) is 5.76 Å². The molecular weight excluding hydrogens is 399 g/mol. The first-order valence-electron chi connectivity index (χ1n) is 8.45. The number of benzene rings is 1. The zero-order chi connectivity index (χ0) is 20.1. The molecule has 2 aromatic heterocycles. The summed E-state index contributed by atoms with van der Waals surface area (Å²) in [6.45, 7) is 1.74. The molecule has 0 bridgehead atoms. The number of thiophene rings is 1. The molecule has 0 spiro atoms. The summed E-state index contributed by atoms with van der Waals surface area (Å²) < 4.78 is 34.3. The Hall–Kier alpha value is -2.65. The minimum Gasteiger partial charge on any atom is -0.369 e. The number of hydrogen-bond donors (Lipinski definition) is 1. The van der Waals surface area contributed by atoms with E-state index in [2.05, 4.69) is 16.0 Å². The number of nitrogens with zero attached hydrogens (tertiary/aromatic N) is 3. The van der Waals surface area contributed by atoms with Crippen LogP contribution in [0, 0.1) is 5.82 Å². The Kier molecular flexibility index (Phi) is 4.31. The van der Waals surface area contributed by atoms with Crippen molar-refractivity contribution in [3.05, 3.63) is 53.3 Å². The van der Waals surface area contributed by atoms with E-state index in [0.29, 0.717) is 10.6 Å². The van der Waals surface area contributed by atoms with Gasteiger partial charge in [-0.1, -0.05) is 23.4 Å². The second-order valence-corrected chi connectivity index (χ2v) is 10.3. The van der Waals surface area contributed by atoms with Crippen molar-refractivity contribution < 1.29 is 13.1 Å². The van der Waals surface area contributed by atoms with Crippen LogP contribution in [0.3, 0.4) is 0 Å². The molecule has 1 aliphatic heterocycles. The van der Waals surface area contributed by atoms with Gasteiger partial charge in [0.05, 0.1) is 26.5 Å². The average Bonchev–Trinajstić information content (AvgIpc) is 3.29. The monoisotopic (exact) mass is 418 g/mol. The molecule has 1 aromatic carbocycles. The molecule has 2 N–H and O–H groups in total. The van der Waals surface area contributed by atoms with Crippen molar-refractivity contribution in [1.29, 1.82) is 0 Å². The van der Waals surface area contributed by atoms with Crippen molar-refractivity contribution >= 4 is 32.9 Å². The van der Waals surface area contributed by atoms with E-state index in [-0.39, 0.29) is 11.7 Å². The largest absolute Gasteiger partial charge is 0.369 e. The molecule has 0 fully saturated rings. The first kappa shape index (κ1) is 18.7. The number of halogens is 1. The van der Waals surface area contributed by atoms with Crippen molar-refractivity contribution in [2.24, 2.45) is 10.7 Å². The van der Waals surface area contributed by atoms with Gasteiger partial charge >= 0.3 is 0 Å². The van der Waals surface area contributed by atoms with E-state index >= 15 is 0 Å². The lowest BCUT2D eigenvalue weighted by atomic mass is 10.0. The quantitative estimate of drug-likeness (QED) is 0.662. The molecule has 0 amide bonds. The Morgan fingerprint density at radius 2 is 2.11 bits per heavy atom. The van der Waals surface area contributed by atoms with Crippen molar-refractivity contribution in [3.63, 3.8) is 0 Å². The van der Waals surface area contributed by atoms with E-state index in [1.165, 1.54) is 21.7 Å². The molecule has 1 unspecified atom stereocenters. The molecule has 146 valence electrons. The normalized spacial score (nSPS) is 25.0. The van der Waals surface area contributed by atoms with Crippen LogP contribution in [0.15, 0.2) is 52.1 Å².